The van der Waals surface area contributed by atoms with Gasteiger partial charge in [-0.2, -0.15) is 0 Å². The zero-order valence-corrected chi connectivity index (χ0v) is 14.2. The number of methoxy groups -OCH3 is 1. The van der Waals surface area contributed by atoms with E-state index in [1.807, 2.05) is 0 Å². The molecule has 5 nitrogen and oxygen atoms in total. The summed E-state index contributed by atoms with van der Waals surface area (Å²) in [6.07, 6.45) is 6.34. The summed E-state index contributed by atoms with van der Waals surface area (Å²) in [4.78, 5) is 2.55. The highest BCUT2D eigenvalue weighted by Crippen LogP contribution is 2.21. The smallest absolute Gasteiger partial charge is 0.240 e. The van der Waals surface area contributed by atoms with Crippen molar-refractivity contribution in [2.45, 2.75) is 43.0 Å². The Morgan fingerprint density at radius 3 is 2.41 bits per heavy atom. The third-order valence-corrected chi connectivity index (χ3v) is 5.80. The van der Waals surface area contributed by atoms with E-state index in [1.54, 1.807) is 31.4 Å². The van der Waals surface area contributed by atoms with Crippen molar-refractivity contribution in [3.05, 3.63) is 24.3 Å². The average molecular weight is 326 g/mol. The van der Waals surface area contributed by atoms with Crippen LogP contribution in [0.25, 0.3) is 0 Å². The molecule has 0 aliphatic heterocycles. The molecule has 1 aromatic rings. The van der Waals surface area contributed by atoms with Crippen molar-refractivity contribution in [2.24, 2.45) is 0 Å². The van der Waals surface area contributed by atoms with Crippen LogP contribution in [-0.2, 0) is 10.0 Å². The van der Waals surface area contributed by atoms with E-state index in [1.165, 1.54) is 32.1 Å². The number of nitrogens with one attached hydrogen (secondary N) is 1. The Balaban J connectivity index is 1.83. The minimum absolute atomic E-state index is 0.272. The summed E-state index contributed by atoms with van der Waals surface area (Å²) in [5.74, 6) is 0.649. The minimum Gasteiger partial charge on any atom is -0.497 e. The summed E-state index contributed by atoms with van der Waals surface area (Å²) in [7, 11) is 0.196. The number of hydrogen-bond donors (Lipinski definition) is 1. The number of hydrogen-bond acceptors (Lipinski definition) is 4. The lowest BCUT2D eigenvalue weighted by Crippen LogP contribution is -2.39. The Kier molecular flexibility index (Phi) is 6.23. The minimum atomic E-state index is -3.44. The Bertz CT molecular complexity index is 551. The first-order valence-electron chi connectivity index (χ1n) is 7.87. The van der Waals surface area contributed by atoms with Crippen LogP contribution in [0.15, 0.2) is 29.2 Å². The molecule has 124 valence electrons. The summed E-state index contributed by atoms with van der Waals surface area (Å²) in [5.41, 5.74) is 0. The molecule has 1 aliphatic rings. The van der Waals surface area contributed by atoms with E-state index in [0.29, 0.717) is 18.3 Å². The van der Waals surface area contributed by atoms with Gasteiger partial charge in [0.25, 0.3) is 0 Å². The quantitative estimate of drug-likeness (QED) is 0.835. The molecule has 1 saturated carbocycles. The maximum absolute atomic E-state index is 12.2. The summed E-state index contributed by atoms with van der Waals surface area (Å²) >= 11 is 0. The third kappa shape index (κ3) is 4.69. The predicted molar refractivity (Wildman–Crippen MR) is 87.7 cm³/mol. The fraction of sp³-hybridized carbons (Fsp3) is 0.625. The van der Waals surface area contributed by atoms with E-state index in [4.69, 9.17) is 4.74 Å². The van der Waals surface area contributed by atoms with Gasteiger partial charge in [0, 0.05) is 19.1 Å². The SMILES string of the molecule is COc1ccc(S(=O)(=O)NCCN(C)C2CCCCC2)cc1. The van der Waals surface area contributed by atoms with Gasteiger partial charge in [0.15, 0.2) is 0 Å². The molecule has 6 heteroatoms. The number of nitrogens with zero attached hydrogens (tertiary/aromatic N) is 1. The van der Waals surface area contributed by atoms with Crippen LogP contribution in [0.5, 0.6) is 5.75 Å². The van der Waals surface area contributed by atoms with Crippen LogP contribution < -0.4 is 9.46 Å². The number of benzene rings is 1. The number of sulfonamides is 1. The van der Waals surface area contributed by atoms with Crippen molar-refractivity contribution >= 4 is 10.0 Å². The topological polar surface area (TPSA) is 58.6 Å². The molecule has 0 spiro atoms. The van der Waals surface area contributed by atoms with E-state index < -0.39 is 10.0 Å². The lowest BCUT2D eigenvalue weighted by molar-refractivity contribution is 0.195. The van der Waals surface area contributed by atoms with Gasteiger partial charge in [-0.05, 0) is 44.2 Å². The Hall–Kier alpha value is -1.11. The summed E-state index contributed by atoms with van der Waals surface area (Å²) in [5, 5.41) is 0. The number of ether oxygens (including phenoxy) is 1. The highest BCUT2D eigenvalue weighted by atomic mass is 32.2. The van der Waals surface area contributed by atoms with E-state index in [9.17, 15) is 8.42 Å². The standard InChI is InChI=1S/C16H26N2O3S/c1-18(14-6-4-3-5-7-14)13-12-17-22(19,20)16-10-8-15(21-2)9-11-16/h8-11,14,17H,3-7,12-13H2,1-2H3. The van der Waals surface area contributed by atoms with Crippen LogP contribution in [-0.4, -0.2) is 46.6 Å². The Labute approximate surface area is 133 Å². The lowest BCUT2D eigenvalue weighted by atomic mass is 9.94. The van der Waals surface area contributed by atoms with Gasteiger partial charge < -0.3 is 9.64 Å². The first-order valence-corrected chi connectivity index (χ1v) is 9.35. The molecule has 1 aromatic carbocycles. The maximum atomic E-state index is 12.2. The van der Waals surface area contributed by atoms with E-state index in [0.717, 1.165) is 6.54 Å². The van der Waals surface area contributed by atoms with E-state index >= 15 is 0 Å². The summed E-state index contributed by atoms with van der Waals surface area (Å²) in [6.45, 7) is 1.17. The molecule has 1 aliphatic carbocycles. The maximum Gasteiger partial charge on any atom is 0.240 e. The largest absolute Gasteiger partial charge is 0.497 e. The second-order valence-corrected chi connectivity index (χ2v) is 7.61. The second-order valence-electron chi connectivity index (χ2n) is 5.85. The van der Waals surface area contributed by atoms with Gasteiger partial charge in [-0.25, -0.2) is 13.1 Å². The Morgan fingerprint density at radius 1 is 1.18 bits per heavy atom. The van der Waals surface area contributed by atoms with Gasteiger partial charge in [-0.1, -0.05) is 19.3 Å². The molecule has 0 heterocycles. The molecule has 0 unspecified atom stereocenters. The normalized spacial score (nSPS) is 16.9. The molecule has 0 bridgehead atoms. The van der Waals surface area contributed by atoms with E-state index in [2.05, 4.69) is 16.7 Å². The molecular formula is C16H26N2O3S. The van der Waals surface area contributed by atoms with Crippen LogP contribution in [0.2, 0.25) is 0 Å². The van der Waals surface area contributed by atoms with Gasteiger partial charge in [0.05, 0.1) is 12.0 Å². The van der Waals surface area contributed by atoms with Crippen LogP contribution >= 0.6 is 0 Å². The number of rotatable bonds is 7. The molecule has 0 saturated heterocycles. The predicted octanol–water partition coefficient (Wildman–Crippen LogP) is 2.24. The zero-order valence-electron chi connectivity index (χ0n) is 13.4. The average Bonchev–Trinajstić information content (AvgIpc) is 2.55. The monoisotopic (exact) mass is 326 g/mol. The van der Waals surface area contributed by atoms with Crippen molar-refractivity contribution in [1.82, 2.24) is 9.62 Å². The fourth-order valence-electron chi connectivity index (χ4n) is 2.90. The van der Waals surface area contributed by atoms with Gasteiger partial charge >= 0.3 is 0 Å². The molecule has 0 amide bonds. The molecule has 1 N–H and O–H groups in total. The molecule has 0 atom stereocenters. The zero-order chi connectivity index (χ0) is 16.0. The molecule has 22 heavy (non-hydrogen) atoms. The van der Waals surface area contributed by atoms with Crippen molar-refractivity contribution < 1.29 is 13.2 Å². The molecule has 2 rings (SSSR count). The van der Waals surface area contributed by atoms with Gasteiger partial charge in [-0.3, -0.25) is 0 Å². The van der Waals surface area contributed by atoms with Crippen molar-refractivity contribution in [3.8, 4) is 5.75 Å². The van der Waals surface area contributed by atoms with E-state index in [-0.39, 0.29) is 4.90 Å². The van der Waals surface area contributed by atoms with Crippen LogP contribution in [0.3, 0.4) is 0 Å². The van der Waals surface area contributed by atoms with Crippen molar-refractivity contribution in [1.29, 1.82) is 0 Å². The fourth-order valence-corrected chi connectivity index (χ4v) is 3.92. The summed E-state index contributed by atoms with van der Waals surface area (Å²) < 4.78 is 32.2. The third-order valence-electron chi connectivity index (χ3n) is 4.32. The van der Waals surface area contributed by atoms with Crippen LogP contribution in [0.4, 0.5) is 0 Å². The van der Waals surface area contributed by atoms with Gasteiger partial charge in [0.1, 0.15) is 5.75 Å². The number of likely N-dealkylation sites (N-methyl/N-ethyl adjacent to an activating group) is 1. The van der Waals surface area contributed by atoms with Crippen molar-refractivity contribution in [3.63, 3.8) is 0 Å². The molecule has 1 fully saturated rings. The lowest BCUT2D eigenvalue weighted by Gasteiger charge is -2.31. The summed E-state index contributed by atoms with van der Waals surface area (Å²) in [6, 6.07) is 7.03. The molecule has 0 aromatic heterocycles. The van der Waals surface area contributed by atoms with Crippen molar-refractivity contribution in [2.75, 3.05) is 27.2 Å². The van der Waals surface area contributed by atoms with Crippen LogP contribution in [0.1, 0.15) is 32.1 Å². The highest BCUT2D eigenvalue weighted by molar-refractivity contribution is 7.89. The first kappa shape index (κ1) is 17.2. The Morgan fingerprint density at radius 2 is 1.82 bits per heavy atom. The molecular weight excluding hydrogens is 300 g/mol. The molecule has 0 radical (unpaired) electrons. The first-order chi connectivity index (χ1) is 10.5. The van der Waals surface area contributed by atoms with Gasteiger partial charge in [-0.15, -0.1) is 0 Å². The van der Waals surface area contributed by atoms with Gasteiger partial charge in [0.2, 0.25) is 10.0 Å². The highest BCUT2D eigenvalue weighted by Gasteiger charge is 2.19. The van der Waals surface area contributed by atoms with Crippen LogP contribution in [0, 0.1) is 0 Å². The second kappa shape index (κ2) is 7.94.